The standard InChI is InChI=1S/C9H15FN2S/c1-9(6-8-12,5-4-7-11)13(2,3)10/h4-6H2,1-3H3. The van der Waals surface area contributed by atoms with Gasteiger partial charge in [-0.05, 0) is 25.9 Å². The average molecular weight is 202 g/mol. The highest BCUT2D eigenvalue weighted by molar-refractivity contribution is 8.29. The minimum absolute atomic E-state index is 0.188. The van der Waals surface area contributed by atoms with Crippen molar-refractivity contribution in [2.45, 2.75) is 30.9 Å². The number of halogens is 1. The molecule has 0 aromatic carbocycles. The molecule has 0 saturated heterocycles. The van der Waals surface area contributed by atoms with Gasteiger partial charge in [0.05, 0.1) is 18.6 Å². The highest BCUT2D eigenvalue weighted by atomic mass is 32.3. The minimum Gasteiger partial charge on any atom is -0.198 e. The molecule has 0 N–H and O–H groups in total. The van der Waals surface area contributed by atoms with Crippen molar-refractivity contribution in [2.24, 2.45) is 0 Å². The van der Waals surface area contributed by atoms with E-state index in [0.29, 0.717) is 12.8 Å². The van der Waals surface area contributed by atoms with Gasteiger partial charge in [-0.15, -0.1) is 0 Å². The Labute approximate surface area is 81.0 Å². The fraction of sp³-hybridized carbons (Fsp3) is 0.778. The van der Waals surface area contributed by atoms with E-state index in [0.717, 1.165) is 0 Å². The van der Waals surface area contributed by atoms with Gasteiger partial charge in [-0.3, -0.25) is 0 Å². The first-order chi connectivity index (χ1) is 5.87. The summed E-state index contributed by atoms with van der Waals surface area (Å²) in [5.74, 6) is 0. The SMILES string of the molecule is CC(CC#N)(CCC#N)S(C)(C)F. The summed E-state index contributed by atoms with van der Waals surface area (Å²) in [7, 11) is -2.27. The van der Waals surface area contributed by atoms with Crippen LogP contribution in [0.1, 0.15) is 26.2 Å². The number of rotatable bonds is 4. The molecule has 4 heteroatoms. The second-order valence-electron chi connectivity index (χ2n) is 3.65. The molecule has 0 aliphatic heterocycles. The van der Waals surface area contributed by atoms with E-state index in [-0.39, 0.29) is 6.42 Å². The number of nitrogens with zero attached hydrogens (tertiary/aromatic N) is 2. The van der Waals surface area contributed by atoms with E-state index < -0.39 is 15.2 Å². The Morgan fingerprint density at radius 2 is 1.85 bits per heavy atom. The van der Waals surface area contributed by atoms with Gasteiger partial charge in [0.1, 0.15) is 0 Å². The van der Waals surface area contributed by atoms with E-state index in [1.54, 1.807) is 19.4 Å². The first kappa shape index (κ1) is 12.3. The third kappa shape index (κ3) is 3.24. The Morgan fingerprint density at radius 1 is 1.31 bits per heavy atom. The van der Waals surface area contributed by atoms with Gasteiger partial charge in [0, 0.05) is 11.2 Å². The van der Waals surface area contributed by atoms with E-state index in [9.17, 15) is 3.89 Å². The molecule has 0 bridgehead atoms. The van der Waals surface area contributed by atoms with Crippen LogP contribution < -0.4 is 0 Å². The molecule has 0 spiro atoms. The van der Waals surface area contributed by atoms with E-state index in [1.807, 2.05) is 12.1 Å². The van der Waals surface area contributed by atoms with Crippen LogP contribution in [0.15, 0.2) is 0 Å². The van der Waals surface area contributed by atoms with Gasteiger partial charge in [0.2, 0.25) is 0 Å². The number of hydrogen-bond acceptors (Lipinski definition) is 2. The molecule has 0 saturated carbocycles. The van der Waals surface area contributed by atoms with E-state index in [1.165, 1.54) is 0 Å². The molecule has 13 heavy (non-hydrogen) atoms. The van der Waals surface area contributed by atoms with Crippen LogP contribution in [0.5, 0.6) is 0 Å². The van der Waals surface area contributed by atoms with Crippen LogP contribution >= 0.6 is 10.4 Å². The van der Waals surface area contributed by atoms with Crippen molar-refractivity contribution in [2.75, 3.05) is 12.5 Å². The molecular weight excluding hydrogens is 187 g/mol. The Balaban J connectivity index is 4.57. The fourth-order valence-corrected chi connectivity index (χ4v) is 1.99. The monoisotopic (exact) mass is 202 g/mol. The predicted octanol–water partition coefficient (Wildman–Crippen LogP) is 2.91. The van der Waals surface area contributed by atoms with E-state index >= 15 is 0 Å². The van der Waals surface area contributed by atoms with Crippen molar-refractivity contribution in [3.8, 4) is 12.1 Å². The maximum atomic E-state index is 13.8. The first-order valence-electron chi connectivity index (χ1n) is 4.04. The normalized spacial score (nSPS) is 16.8. The Morgan fingerprint density at radius 3 is 2.15 bits per heavy atom. The molecule has 0 fully saturated rings. The van der Waals surface area contributed by atoms with Gasteiger partial charge in [0.15, 0.2) is 0 Å². The zero-order chi connectivity index (χ0) is 10.5. The summed E-state index contributed by atoms with van der Waals surface area (Å²) in [4.78, 5) is 0. The van der Waals surface area contributed by atoms with E-state index in [4.69, 9.17) is 10.5 Å². The van der Waals surface area contributed by atoms with Crippen molar-refractivity contribution in [3.05, 3.63) is 0 Å². The number of hydrogen-bond donors (Lipinski definition) is 0. The van der Waals surface area contributed by atoms with Crippen molar-refractivity contribution in [3.63, 3.8) is 0 Å². The molecular formula is C9H15FN2S. The van der Waals surface area contributed by atoms with Crippen LogP contribution in [0.3, 0.4) is 0 Å². The lowest BCUT2D eigenvalue weighted by Gasteiger charge is -2.40. The molecule has 0 aromatic rings. The third-order valence-corrected chi connectivity index (χ3v) is 5.08. The molecule has 2 nitrogen and oxygen atoms in total. The zero-order valence-electron chi connectivity index (χ0n) is 8.30. The third-order valence-electron chi connectivity index (χ3n) is 2.39. The lowest BCUT2D eigenvalue weighted by atomic mass is 10.0. The predicted molar refractivity (Wildman–Crippen MR) is 54.0 cm³/mol. The second-order valence-corrected chi connectivity index (χ2v) is 7.04. The smallest absolute Gasteiger partial charge is 0.0636 e. The molecule has 1 unspecified atom stereocenters. The topological polar surface area (TPSA) is 47.6 Å². The molecule has 0 rings (SSSR count). The Bertz CT molecular complexity index is 246. The lowest BCUT2D eigenvalue weighted by molar-refractivity contribution is 0.578. The zero-order valence-corrected chi connectivity index (χ0v) is 9.12. The van der Waals surface area contributed by atoms with Gasteiger partial charge in [-0.25, -0.2) is 0 Å². The maximum Gasteiger partial charge on any atom is 0.0636 e. The quantitative estimate of drug-likeness (QED) is 0.703. The highest BCUT2D eigenvalue weighted by Gasteiger charge is 2.36. The van der Waals surface area contributed by atoms with Gasteiger partial charge in [0.25, 0.3) is 0 Å². The Kier molecular flexibility index (Phi) is 4.23. The Hall–Kier alpha value is -0.740. The molecule has 0 amide bonds. The first-order valence-corrected chi connectivity index (χ1v) is 6.39. The van der Waals surface area contributed by atoms with Crippen LogP contribution in [0.2, 0.25) is 0 Å². The van der Waals surface area contributed by atoms with Crippen molar-refractivity contribution in [1.82, 2.24) is 0 Å². The maximum absolute atomic E-state index is 13.8. The lowest BCUT2D eigenvalue weighted by Crippen LogP contribution is -2.28. The highest BCUT2D eigenvalue weighted by Crippen LogP contribution is 2.58. The van der Waals surface area contributed by atoms with Crippen LogP contribution in [0, 0.1) is 22.7 Å². The molecule has 74 valence electrons. The second kappa shape index (κ2) is 4.48. The largest absolute Gasteiger partial charge is 0.198 e. The van der Waals surface area contributed by atoms with Gasteiger partial charge in [-0.2, -0.15) is 14.4 Å². The minimum atomic E-state index is -2.27. The summed E-state index contributed by atoms with van der Waals surface area (Å²) >= 11 is 0. The summed E-state index contributed by atoms with van der Waals surface area (Å²) in [6.45, 7) is 1.75. The van der Waals surface area contributed by atoms with Gasteiger partial charge < -0.3 is 0 Å². The number of nitriles is 2. The summed E-state index contributed by atoms with van der Waals surface area (Å²) in [6.07, 6.45) is 4.06. The van der Waals surface area contributed by atoms with Crippen LogP contribution in [-0.2, 0) is 0 Å². The molecule has 0 aromatic heterocycles. The molecule has 0 aliphatic rings. The van der Waals surface area contributed by atoms with Crippen molar-refractivity contribution < 1.29 is 3.89 Å². The summed E-state index contributed by atoms with van der Waals surface area (Å²) in [5, 5.41) is 17.0. The van der Waals surface area contributed by atoms with Crippen molar-refractivity contribution in [1.29, 1.82) is 10.5 Å². The van der Waals surface area contributed by atoms with Crippen molar-refractivity contribution >= 4 is 10.4 Å². The van der Waals surface area contributed by atoms with Crippen LogP contribution in [-0.4, -0.2) is 17.3 Å². The fourth-order valence-electron chi connectivity index (χ4n) is 0.990. The molecule has 0 aliphatic carbocycles. The van der Waals surface area contributed by atoms with Crippen LogP contribution in [0.4, 0.5) is 3.89 Å². The molecule has 0 heterocycles. The molecule has 0 radical (unpaired) electrons. The summed E-state index contributed by atoms with van der Waals surface area (Å²) in [5.41, 5.74) is 0. The average Bonchev–Trinajstić information content (AvgIpc) is 1.99. The van der Waals surface area contributed by atoms with Gasteiger partial charge >= 0.3 is 0 Å². The van der Waals surface area contributed by atoms with Crippen LogP contribution in [0.25, 0.3) is 0 Å². The summed E-state index contributed by atoms with van der Waals surface area (Å²) < 4.78 is 13.1. The summed E-state index contributed by atoms with van der Waals surface area (Å²) in [6, 6.07) is 3.99. The van der Waals surface area contributed by atoms with E-state index in [2.05, 4.69) is 0 Å². The van der Waals surface area contributed by atoms with Gasteiger partial charge in [-0.1, -0.05) is 10.4 Å². The molecule has 1 atom stereocenters.